The van der Waals surface area contributed by atoms with E-state index in [2.05, 4.69) is 61.9 Å². The molecule has 1 saturated heterocycles. The Morgan fingerprint density at radius 3 is 2.67 bits per heavy atom. The van der Waals surface area contributed by atoms with Crippen LogP contribution in [0.3, 0.4) is 0 Å². The molecule has 1 N–H and O–H groups in total. The molecule has 1 aliphatic heterocycles. The smallest absolute Gasteiger partial charge is 0.351 e. The fraction of sp³-hybridized carbons (Fsp3) is 0.520. The number of ether oxygens (including phenoxy) is 1. The number of carbonyl (C=O) groups excluding carboxylic acids is 1. The molecular weight excluding hydrogens is 481 g/mol. The Kier molecular flexibility index (Phi) is 12.1. The summed E-state index contributed by atoms with van der Waals surface area (Å²) in [5.41, 5.74) is -0.219. The Morgan fingerprint density at radius 2 is 2.08 bits per heavy atom. The molecule has 0 bridgehead atoms. The molecule has 1 amide bonds. The van der Waals surface area contributed by atoms with E-state index in [0.29, 0.717) is 38.0 Å². The molecule has 1 fully saturated rings. The van der Waals surface area contributed by atoms with E-state index in [0.717, 1.165) is 0 Å². The Labute approximate surface area is 214 Å². The third kappa shape index (κ3) is 8.47. The summed E-state index contributed by atoms with van der Waals surface area (Å²) in [5.74, 6) is -0.298. The van der Waals surface area contributed by atoms with Crippen LogP contribution in [0.5, 0.6) is 0 Å². The lowest BCUT2D eigenvalue weighted by Gasteiger charge is -2.36. The second-order valence-corrected chi connectivity index (χ2v) is 10.1. The number of hydrogen-bond acceptors (Lipinski definition) is 8. The third-order valence-corrected chi connectivity index (χ3v) is 7.35. The molecule has 1 aliphatic rings. The number of aromatic nitrogens is 2. The minimum absolute atomic E-state index is 0.138. The molecule has 196 valence electrons. The molecule has 2 heterocycles. The van der Waals surface area contributed by atoms with Crippen LogP contribution in [0.4, 0.5) is 5.82 Å². The number of nitrogens with zero attached hydrogens (tertiary/aromatic N) is 4. The number of nitriles is 1. The molecule has 1 unspecified atom stereocenters. The second kappa shape index (κ2) is 14.8. The number of rotatable bonds is 14. The van der Waals surface area contributed by atoms with E-state index in [4.69, 9.17) is 19.0 Å². The van der Waals surface area contributed by atoms with Gasteiger partial charge in [0.1, 0.15) is 12.0 Å². The van der Waals surface area contributed by atoms with Crippen LogP contribution in [0.15, 0.2) is 54.0 Å². The lowest BCUT2D eigenvalue weighted by atomic mass is 10.2. The van der Waals surface area contributed by atoms with Crippen molar-refractivity contribution in [3.05, 3.63) is 59.7 Å². The van der Waals surface area contributed by atoms with Crippen molar-refractivity contribution in [3.8, 4) is 6.07 Å². The molecule has 0 saturated carbocycles. The van der Waals surface area contributed by atoms with Crippen LogP contribution in [0.25, 0.3) is 0 Å². The zero-order chi connectivity index (χ0) is 26.7. The van der Waals surface area contributed by atoms with Gasteiger partial charge in [0.25, 0.3) is 14.4 Å². The molecule has 2 rings (SSSR count). The molecule has 0 aromatic carbocycles. The number of carbonyl (C=O) groups is 1. The minimum atomic E-state index is -1.36. The normalized spacial score (nSPS) is 18.9. The zero-order valence-electron chi connectivity index (χ0n) is 21.4. The molecule has 0 aliphatic carbocycles. The molecule has 36 heavy (non-hydrogen) atoms. The summed E-state index contributed by atoms with van der Waals surface area (Å²) in [5, 5.41) is 11.4. The molecular formula is C25H36N5O5P. The summed E-state index contributed by atoms with van der Waals surface area (Å²) >= 11 is 0. The monoisotopic (exact) mass is 517 g/mol. The summed E-state index contributed by atoms with van der Waals surface area (Å²) in [7, 11) is -1.36. The van der Waals surface area contributed by atoms with Gasteiger partial charge in [0, 0.05) is 23.9 Å². The van der Waals surface area contributed by atoms with Crippen LogP contribution < -0.4 is 11.0 Å². The lowest BCUT2D eigenvalue weighted by molar-refractivity contribution is -0.112. The van der Waals surface area contributed by atoms with E-state index in [-0.39, 0.29) is 24.0 Å². The van der Waals surface area contributed by atoms with Gasteiger partial charge in [-0.25, -0.2) is 9.46 Å². The van der Waals surface area contributed by atoms with Gasteiger partial charge >= 0.3 is 5.69 Å². The number of hydrogen-bond donors (Lipinski definition) is 1. The van der Waals surface area contributed by atoms with Crippen molar-refractivity contribution in [2.45, 2.75) is 71.4 Å². The van der Waals surface area contributed by atoms with Gasteiger partial charge in [0.15, 0.2) is 0 Å². The molecule has 1 aromatic rings. The Bertz CT molecular complexity index is 1020. The van der Waals surface area contributed by atoms with E-state index in [9.17, 15) is 9.59 Å². The maximum atomic E-state index is 12.6. The quantitative estimate of drug-likeness (QED) is 0.166. The van der Waals surface area contributed by atoms with Crippen molar-refractivity contribution >= 4 is 20.3 Å². The van der Waals surface area contributed by atoms with Crippen molar-refractivity contribution < 1.29 is 18.6 Å². The summed E-state index contributed by atoms with van der Waals surface area (Å²) in [4.78, 5) is 28.8. The van der Waals surface area contributed by atoms with Gasteiger partial charge in [-0.1, -0.05) is 31.4 Å². The Hall–Kier alpha value is -2.67. The fourth-order valence-corrected chi connectivity index (χ4v) is 5.36. The standard InChI is InChI=1S/C25H36N5O5P/c1-7-10-20(8-2)24(31)27-22-13-15-29(25(32)28-22)23-12-11-21(35-23)17-34-36(33-16-9-14-26)30(18(3)4)19(5)6/h7-8,10,13,15,18-19,21,23H,1-2,9,11-12,16-17H2,3-6H3,(H,27,28,31,32)/b20-10+/t21-,23+,36?/m0/s1. The van der Waals surface area contributed by atoms with Crippen molar-refractivity contribution in [3.63, 3.8) is 0 Å². The zero-order valence-corrected chi connectivity index (χ0v) is 22.3. The highest BCUT2D eigenvalue weighted by Gasteiger charge is 2.32. The summed E-state index contributed by atoms with van der Waals surface area (Å²) in [6.45, 7) is 16.1. The maximum Gasteiger partial charge on any atom is 0.351 e. The first-order chi connectivity index (χ1) is 17.2. The van der Waals surface area contributed by atoms with Gasteiger partial charge < -0.3 is 19.1 Å². The third-order valence-electron chi connectivity index (χ3n) is 5.28. The SMILES string of the molecule is C=C/C=C(\C=C)C(=O)Nc1ccn([C@H]2CC[C@@H](COP(OCCC#N)N(C(C)C)C(C)C)O2)c(=O)n1. The van der Waals surface area contributed by atoms with E-state index in [1.54, 1.807) is 12.3 Å². The predicted octanol–water partition coefficient (Wildman–Crippen LogP) is 4.45. The molecule has 1 aromatic heterocycles. The fourth-order valence-electron chi connectivity index (χ4n) is 3.73. The van der Waals surface area contributed by atoms with E-state index < -0.39 is 26.4 Å². The van der Waals surface area contributed by atoms with E-state index in [1.165, 1.54) is 22.8 Å². The van der Waals surface area contributed by atoms with Gasteiger partial charge in [0.2, 0.25) is 0 Å². The number of allylic oxidation sites excluding steroid dienone is 2. The first-order valence-corrected chi connectivity index (χ1v) is 13.1. The first kappa shape index (κ1) is 29.6. The number of amides is 1. The molecule has 0 radical (unpaired) electrons. The van der Waals surface area contributed by atoms with Crippen LogP contribution in [0.2, 0.25) is 0 Å². The number of anilines is 1. The van der Waals surface area contributed by atoms with E-state index in [1.807, 2.05) is 0 Å². The van der Waals surface area contributed by atoms with Gasteiger partial charge in [-0.3, -0.25) is 9.36 Å². The van der Waals surface area contributed by atoms with E-state index >= 15 is 0 Å². The van der Waals surface area contributed by atoms with Crippen molar-refractivity contribution in [1.82, 2.24) is 14.2 Å². The molecule has 11 heteroatoms. The van der Waals surface area contributed by atoms with Crippen LogP contribution in [-0.4, -0.2) is 51.5 Å². The largest absolute Gasteiger partial charge is 0.352 e. The summed E-state index contributed by atoms with van der Waals surface area (Å²) in [6.07, 6.45) is 6.86. The average molecular weight is 518 g/mol. The van der Waals surface area contributed by atoms with Gasteiger partial charge in [-0.2, -0.15) is 10.2 Å². The van der Waals surface area contributed by atoms with Crippen molar-refractivity contribution in [2.75, 3.05) is 18.5 Å². The van der Waals surface area contributed by atoms with Crippen molar-refractivity contribution in [2.24, 2.45) is 0 Å². The summed E-state index contributed by atoms with van der Waals surface area (Å²) < 4.78 is 21.7. The minimum Gasteiger partial charge on any atom is -0.352 e. The first-order valence-electron chi connectivity index (χ1n) is 11.9. The second-order valence-electron chi connectivity index (χ2n) is 8.65. The Morgan fingerprint density at radius 1 is 1.36 bits per heavy atom. The van der Waals surface area contributed by atoms with Gasteiger partial charge in [0.05, 0.1) is 31.8 Å². The molecule has 3 atom stereocenters. The molecule has 0 spiro atoms. The van der Waals surface area contributed by atoms with Crippen LogP contribution >= 0.6 is 8.53 Å². The van der Waals surface area contributed by atoms with Crippen LogP contribution in [0.1, 0.15) is 53.2 Å². The van der Waals surface area contributed by atoms with Gasteiger partial charge in [-0.15, -0.1) is 0 Å². The number of nitrogens with one attached hydrogen (secondary N) is 1. The average Bonchev–Trinajstić information content (AvgIpc) is 3.29. The Balaban J connectivity index is 2.01. The van der Waals surface area contributed by atoms with Crippen LogP contribution in [-0.2, 0) is 18.6 Å². The predicted molar refractivity (Wildman–Crippen MR) is 140 cm³/mol. The molecule has 10 nitrogen and oxygen atoms in total. The highest BCUT2D eigenvalue weighted by molar-refractivity contribution is 7.44. The summed E-state index contributed by atoms with van der Waals surface area (Å²) in [6, 6.07) is 4.04. The van der Waals surface area contributed by atoms with Gasteiger partial charge in [-0.05, 0) is 46.6 Å². The lowest BCUT2D eigenvalue weighted by Crippen LogP contribution is -2.34. The highest BCUT2D eigenvalue weighted by atomic mass is 31.2. The maximum absolute atomic E-state index is 12.6. The van der Waals surface area contributed by atoms with Crippen molar-refractivity contribution in [1.29, 1.82) is 5.26 Å². The van der Waals surface area contributed by atoms with Crippen LogP contribution in [0, 0.1) is 11.3 Å². The topological polar surface area (TPSA) is 119 Å². The highest BCUT2D eigenvalue weighted by Crippen LogP contribution is 2.46.